The third-order valence-corrected chi connectivity index (χ3v) is 5.30. The van der Waals surface area contributed by atoms with Crippen LogP contribution in [0.5, 0.6) is 0 Å². The molecule has 0 aliphatic carbocycles. The molecule has 0 unspecified atom stereocenters. The number of rotatable bonds is 7. The molecule has 1 atom stereocenters. The molecule has 4 N–H and O–H groups in total. The van der Waals surface area contributed by atoms with Crippen molar-refractivity contribution in [2.75, 3.05) is 6.61 Å². The largest absolute Gasteiger partial charge is 0.384 e. The Bertz CT molecular complexity index is 1070. The van der Waals surface area contributed by atoms with Crippen molar-refractivity contribution < 1.29 is 19.1 Å². The summed E-state index contributed by atoms with van der Waals surface area (Å²) in [5.74, 6) is -1.73. The molecule has 3 amide bonds. The molecule has 32 heavy (non-hydrogen) atoms. The molecular weight excluding hydrogens is 408 g/mol. The fourth-order valence-electron chi connectivity index (χ4n) is 3.44. The lowest BCUT2D eigenvalue weighted by Gasteiger charge is -2.25. The minimum atomic E-state index is -1.37. The number of carbonyl (C=O) groups is 3. The Morgan fingerprint density at radius 2 is 1.72 bits per heavy atom. The molecule has 0 spiro atoms. The number of carbonyl (C=O) groups excluding carboxylic acids is 3. The third kappa shape index (κ3) is 4.55. The van der Waals surface area contributed by atoms with Gasteiger partial charge in [0.05, 0.1) is 11.1 Å². The summed E-state index contributed by atoms with van der Waals surface area (Å²) in [5, 5.41) is 10.2. The molecule has 168 valence electrons. The first-order valence-corrected chi connectivity index (χ1v) is 10.4. The highest BCUT2D eigenvalue weighted by atomic mass is 16.5. The molecule has 0 aromatic heterocycles. The van der Waals surface area contributed by atoms with E-state index in [2.05, 4.69) is 5.32 Å². The van der Waals surface area contributed by atoms with E-state index >= 15 is 0 Å². The molecule has 0 fully saturated rings. The maximum absolute atomic E-state index is 13.1. The molecule has 1 heterocycles. The first kappa shape index (κ1) is 23.1. The van der Waals surface area contributed by atoms with Gasteiger partial charge in [0, 0.05) is 18.7 Å². The Balaban J connectivity index is 1.79. The molecule has 2 aromatic rings. The average Bonchev–Trinajstić information content (AvgIpc) is 2.99. The summed E-state index contributed by atoms with van der Waals surface area (Å²) in [4.78, 5) is 39.9. The molecular formula is C24H28N4O4. The number of fused-ring (bicyclic) bond motifs is 1. The van der Waals surface area contributed by atoms with Gasteiger partial charge in [0.2, 0.25) is 6.23 Å². The Morgan fingerprint density at radius 3 is 2.28 bits per heavy atom. The van der Waals surface area contributed by atoms with Gasteiger partial charge in [-0.1, -0.05) is 51.1 Å². The standard InChI is InChI=1S/C24H28N4O4/c1-5-32-23(20(29)27-13-14-6-8-15(9-7-14)19(25)26)28-21(30)17-11-10-16(24(2,3)4)12-18(17)22(28)31/h6-12,23H,5,13H2,1-4H3,(H3,25,26)(H,27,29)/t23-/m0/s1. The molecule has 0 bridgehead atoms. The van der Waals surface area contributed by atoms with E-state index in [1.54, 1.807) is 43.3 Å². The van der Waals surface area contributed by atoms with E-state index in [1.165, 1.54) is 0 Å². The first-order chi connectivity index (χ1) is 15.0. The highest BCUT2D eigenvalue weighted by molar-refractivity contribution is 6.22. The van der Waals surface area contributed by atoms with Crippen LogP contribution in [0.25, 0.3) is 0 Å². The smallest absolute Gasteiger partial charge is 0.271 e. The Kier molecular flexibility index (Phi) is 6.45. The summed E-state index contributed by atoms with van der Waals surface area (Å²) < 4.78 is 5.52. The van der Waals surface area contributed by atoms with E-state index in [0.717, 1.165) is 16.0 Å². The fourth-order valence-corrected chi connectivity index (χ4v) is 3.44. The van der Waals surface area contributed by atoms with Crippen LogP contribution in [0.15, 0.2) is 42.5 Å². The van der Waals surface area contributed by atoms with Crippen LogP contribution < -0.4 is 11.1 Å². The minimum Gasteiger partial charge on any atom is -0.384 e. The summed E-state index contributed by atoms with van der Waals surface area (Å²) in [6.45, 7) is 8.06. The van der Waals surface area contributed by atoms with Gasteiger partial charge in [-0.25, -0.2) is 4.90 Å². The second-order valence-electron chi connectivity index (χ2n) is 8.63. The zero-order valence-electron chi connectivity index (χ0n) is 18.7. The fraction of sp³-hybridized carbons (Fsp3) is 0.333. The second kappa shape index (κ2) is 8.92. The van der Waals surface area contributed by atoms with Crippen molar-refractivity contribution in [1.82, 2.24) is 10.2 Å². The summed E-state index contributed by atoms with van der Waals surface area (Å²) in [5.41, 5.74) is 8.07. The number of benzene rings is 2. The van der Waals surface area contributed by atoms with E-state index < -0.39 is 23.9 Å². The third-order valence-electron chi connectivity index (χ3n) is 5.30. The number of nitrogens with one attached hydrogen (secondary N) is 2. The van der Waals surface area contributed by atoms with Crippen molar-refractivity contribution in [3.05, 3.63) is 70.3 Å². The van der Waals surface area contributed by atoms with Crippen LogP contribution in [0, 0.1) is 5.41 Å². The van der Waals surface area contributed by atoms with Gasteiger partial charge in [-0.15, -0.1) is 0 Å². The van der Waals surface area contributed by atoms with Crippen molar-refractivity contribution in [1.29, 1.82) is 5.41 Å². The minimum absolute atomic E-state index is 0.0442. The molecule has 1 aliphatic rings. The van der Waals surface area contributed by atoms with Crippen LogP contribution in [0.4, 0.5) is 0 Å². The molecule has 3 rings (SSSR count). The van der Waals surface area contributed by atoms with Crippen LogP contribution in [0.1, 0.15) is 65.1 Å². The van der Waals surface area contributed by atoms with Gasteiger partial charge >= 0.3 is 0 Å². The van der Waals surface area contributed by atoms with Crippen molar-refractivity contribution in [3.8, 4) is 0 Å². The number of amidine groups is 1. The molecule has 8 nitrogen and oxygen atoms in total. The van der Waals surface area contributed by atoms with Gasteiger partial charge in [0.1, 0.15) is 5.84 Å². The van der Waals surface area contributed by atoms with Gasteiger partial charge in [-0.2, -0.15) is 0 Å². The molecule has 0 saturated carbocycles. The maximum Gasteiger partial charge on any atom is 0.271 e. The predicted octanol–water partition coefficient (Wildman–Crippen LogP) is 2.54. The highest BCUT2D eigenvalue weighted by Crippen LogP contribution is 2.30. The lowest BCUT2D eigenvalue weighted by atomic mass is 9.85. The van der Waals surface area contributed by atoms with Crippen LogP contribution in [0.3, 0.4) is 0 Å². The number of ether oxygens (including phenoxy) is 1. The Hall–Kier alpha value is -3.52. The summed E-state index contributed by atoms with van der Waals surface area (Å²) in [6.07, 6.45) is -1.37. The van der Waals surface area contributed by atoms with Gasteiger partial charge in [-0.05, 0) is 35.6 Å². The van der Waals surface area contributed by atoms with Crippen molar-refractivity contribution in [2.24, 2.45) is 5.73 Å². The lowest BCUT2D eigenvalue weighted by molar-refractivity contribution is -0.140. The number of nitrogens with zero attached hydrogens (tertiary/aromatic N) is 1. The number of hydrogen-bond acceptors (Lipinski definition) is 5. The number of hydrogen-bond donors (Lipinski definition) is 3. The quantitative estimate of drug-likeness (QED) is 0.349. The van der Waals surface area contributed by atoms with Crippen molar-refractivity contribution in [2.45, 2.75) is 45.9 Å². The number of amides is 3. The average molecular weight is 437 g/mol. The predicted molar refractivity (Wildman–Crippen MR) is 120 cm³/mol. The summed E-state index contributed by atoms with van der Waals surface area (Å²) in [7, 11) is 0. The first-order valence-electron chi connectivity index (χ1n) is 10.4. The molecule has 8 heteroatoms. The van der Waals surface area contributed by atoms with E-state index in [-0.39, 0.29) is 35.5 Å². The molecule has 0 radical (unpaired) electrons. The summed E-state index contributed by atoms with van der Waals surface area (Å²) >= 11 is 0. The Morgan fingerprint density at radius 1 is 1.09 bits per heavy atom. The van der Waals surface area contributed by atoms with Crippen LogP contribution in [-0.2, 0) is 21.5 Å². The zero-order valence-corrected chi connectivity index (χ0v) is 18.7. The van der Waals surface area contributed by atoms with Gasteiger partial charge in [-0.3, -0.25) is 19.8 Å². The topological polar surface area (TPSA) is 126 Å². The molecule has 2 aromatic carbocycles. The SMILES string of the molecule is CCO[C@@H](C(=O)NCc1ccc(C(=N)N)cc1)N1C(=O)c2ccc(C(C)(C)C)cc2C1=O. The summed E-state index contributed by atoms with van der Waals surface area (Å²) in [6, 6.07) is 12.0. The van der Waals surface area contributed by atoms with E-state index in [1.807, 2.05) is 26.8 Å². The molecule has 1 aliphatic heterocycles. The van der Waals surface area contributed by atoms with E-state index in [9.17, 15) is 14.4 Å². The monoisotopic (exact) mass is 436 g/mol. The second-order valence-corrected chi connectivity index (χ2v) is 8.63. The van der Waals surface area contributed by atoms with Gasteiger partial charge < -0.3 is 15.8 Å². The van der Waals surface area contributed by atoms with Gasteiger partial charge in [0.15, 0.2) is 0 Å². The van der Waals surface area contributed by atoms with E-state index in [4.69, 9.17) is 15.9 Å². The van der Waals surface area contributed by atoms with Crippen LogP contribution in [-0.4, -0.2) is 41.3 Å². The number of imide groups is 1. The normalized spacial score (nSPS) is 14.3. The maximum atomic E-state index is 13.1. The van der Waals surface area contributed by atoms with Gasteiger partial charge in [0.25, 0.3) is 17.7 Å². The zero-order chi connectivity index (χ0) is 23.6. The van der Waals surface area contributed by atoms with Crippen molar-refractivity contribution in [3.63, 3.8) is 0 Å². The number of nitrogens with two attached hydrogens (primary N) is 1. The van der Waals surface area contributed by atoms with Crippen LogP contribution in [0.2, 0.25) is 0 Å². The Labute approximate surface area is 187 Å². The molecule has 0 saturated heterocycles. The van der Waals surface area contributed by atoms with Crippen molar-refractivity contribution >= 4 is 23.6 Å². The number of nitrogen functional groups attached to an aromatic ring is 1. The van der Waals surface area contributed by atoms with Crippen LogP contribution >= 0.6 is 0 Å². The lowest BCUT2D eigenvalue weighted by Crippen LogP contribution is -2.51. The highest BCUT2D eigenvalue weighted by Gasteiger charge is 2.43. The van der Waals surface area contributed by atoms with E-state index in [0.29, 0.717) is 5.56 Å².